The molecular formula is C13H20N2O3. The summed E-state index contributed by atoms with van der Waals surface area (Å²) in [6, 6.07) is 3.74. The van der Waals surface area contributed by atoms with Crippen molar-refractivity contribution >= 4 is 5.97 Å². The van der Waals surface area contributed by atoms with Crippen molar-refractivity contribution in [3.05, 3.63) is 24.2 Å². The second kappa shape index (κ2) is 6.56. The molecule has 0 saturated carbocycles. The number of furan rings is 1. The van der Waals surface area contributed by atoms with Crippen molar-refractivity contribution < 1.29 is 13.9 Å². The zero-order valence-electron chi connectivity index (χ0n) is 10.7. The number of esters is 1. The van der Waals surface area contributed by atoms with Gasteiger partial charge in [0.2, 0.25) is 0 Å². The standard InChI is InChI=1S/C13H20N2O3/c1-17-13(16)11(9-12-3-2-8-18-12)10-15-6-4-14-5-7-15/h2-3,8,11,14H,4-7,9-10H2,1H3. The minimum absolute atomic E-state index is 0.153. The van der Waals surface area contributed by atoms with Crippen LogP contribution >= 0.6 is 0 Å². The van der Waals surface area contributed by atoms with Crippen LogP contribution in [0, 0.1) is 5.92 Å². The van der Waals surface area contributed by atoms with Gasteiger partial charge in [0.25, 0.3) is 0 Å². The molecule has 18 heavy (non-hydrogen) atoms. The molecular weight excluding hydrogens is 232 g/mol. The lowest BCUT2D eigenvalue weighted by Gasteiger charge is -2.29. The van der Waals surface area contributed by atoms with Crippen molar-refractivity contribution in [2.75, 3.05) is 39.8 Å². The van der Waals surface area contributed by atoms with Crippen LogP contribution in [0.3, 0.4) is 0 Å². The molecule has 1 aliphatic heterocycles. The number of hydrogen-bond acceptors (Lipinski definition) is 5. The first-order valence-corrected chi connectivity index (χ1v) is 6.33. The molecule has 2 heterocycles. The first-order chi connectivity index (χ1) is 8.79. The lowest BCUT2D eigenvalue weighted by Crippen LogP contribution is -2.46. The Balaban J connectivity index is 1.93. The molecule has 0 amide bonds. The van der Waals surface area contributed by atoms with Crippen molar-refractivity contribution in [3.63, 3.8) is 0 Å². The Kier molecular flexibility index (Phi) is 4.78. The Morgan fingerprint density at radius 1 is 1.56 bits per heavy atom. The molecule has 1 aromatic rings. The maximum Gasteiger partial charge on any atom is 0.310 e. The smallest absolute Gasteiger partial charge is 0.310 e. The fourth-order valence-electron chi connectivity index (χ4n) is 2.27. The molecule has 1 saturated heterocycles. The summed E-state index contributed by atoms with van der Waals surface area (Å²) in [5, 5.41) is 3.30. The van der Waals surface area contributed by atoms with Crippen molar-refractivity contribution in [1.82, 2.24) is 10.2 Å². The Labute approximate surface area is 107 Å². The molecule has 1 fully saturated rings. The number of piperazine rings is 1. The number of ether oxygens (including phenoxy) is 1. The number of rotatable bonds is 5. The normalized spacial score (nSPS) is 18.5. The van der Waals surface area contributed by atoms with E-state index < -0.39 is 0 Å². The van der Waals surface area contributed by atoms with Gasteiger partial charge in [-0.2, -0.15) is 0 Å². The highest BCUT2D eigenvalue weighted by Gasteiger charge is 2.24. The summed E-state index contributed by atoms with van der Waals surface area (Å²) < 4.78 is 10.2. The number of carbonyl (C=O) groups is 1. The molecule has 1 N–H and O–H groups in total. The predicted molar refractivity (Wildman–Crippen MR) is 67.2 cm³/mol. The molecule has 100 valence electrons. The number of hydrogen-bond donors (Lipinski definition) is 1. The van der Waals surface area contributed by atoms with Gasteiger partial charge in [-0.3, -0.25) is 9.69 Å². The van der Waals surface area contributed by atoms with Gasteiger partial charge in [-0.25, -0.2) is 0 Å². The maximum atomic E-state index is 11.8. The lowest BCUT2D eigenvalue weighted by molar-refractivity contribution is -0.146. The summed E-state index contributed by atoms with van der Waals surface area (Å²) in [6.45, 7) is 4.65. The fraction of sp³-hybridized carbons (Fsp3) is 0.615. The predicted octanol–water partition coefficient (Wildman–Crippen LogP) is 0.516. The topological polar surface area (TPSA) is 54.7 Å². The van der Waals surface area contributed by atoms with Crippen LogP contribution in [0.25, 0.3) is 0 Å². The minimum atomic E-state index is -0.162. The number of methoxy groups -OCH3 is 1. The molecule has 5 heteroatoms. The molecule has 5 nitrogen and oxygen atoms in total. The molecule has 0 spiro atoms. The van der Waals surface area contributed by atoms with Gasteiger partial charge >= 0.3 is 5.97 Å². The van der Waals surface area contributed by atoms with Crippen LogP contribution in [-0.4, -0.2) is 50.7 Å². The average Bonchev–Trinajstić information content (AvgIpc) is 2.91. The summed E-state index contributed by atoms with van der Waals surface area (Å²) in [5.41, 5.74) is 0. The van der Waals surface area contributed by atoms with E-state index in [9.17, 15) is 4.79 Å². The van der Waals surface area contributed by atoms with Gasteiger partial charge < -0.3 is 14.5 Å². The van der Waals surface area contributed by atoms with Crippen LogP contribution in [0.15, 0.2) is 22.8 Å². The molecule has 0 radical (unpaired) electrons. The summed E-state index contributed by atoms with van der Waals surface area (Å²) in [4.78, 5) is 14.1. The van der Waals surface area contributed by atoms with Gasteiger partial charge in [-0.1, -0.05) is 0 Å². The third-order valence-corrected chi connectivity index (χ3v) is 3.25. The highest BCUT2D eigenvalue weighted by molar-refractivity contribution is 5.72. The third-order valence-electron chi connectivity index (χ3n) is 3.25. The van der Waals surface area contributed by atoms with Crippen LogP contribution < -0.4 is 5.32 Å². The monoisotopic (exact) mass is 252 g/mol. The second-order valence-electron chi connectivity index (χ2n) is 4.55. The molecule has 2 rings (SSSR count). The van der Waals surface area contributed by atoms with E-state index in [4.69, 9.17) is 9.15 Å². The van der Waals surface area contributed by atoms with E-state index in [2.05, 4.69) is 10.2 Å². The molecule has 1 unspecified atom stereocenters. The van der Waals surface area contributed by atoms with Crippen LogP contribution in [0.5, 0.6) is 0 Å². The summed E-state index contributed by atoms with van der Waals surface area (Å²) in [5.74, 6) is 0.518. The number of carbonyl (C=O) groups excluding carboxylic acids is 1. The maximum absolute atomic E-state index is 11.8. The van der Waals surface area contributed by atoms with E-state index in [0.717, 1.165) is 38.5 Å². The van der Waals surface area contributed by atoms with Crippen LogP contribution in [0.2, 0.25) is 0 Å². The van der Waals surface area contributed by atoms with E-state index in [-0.39, 0.29) is 11.9 Å². The Hall–Kier alpha value is -1.33. The number of nitrogens with zero attached hydrogens (tertiary/aromatic N) is 1. The van der Waals surface area contributed by atoms with Crippen molar-refractivity contribution in [2.24, 2.45) is 5.92 Å². The first kappa shape index (κ1) is 13.1. The Morgan fingerprint density at radius 3 is 2.94 bits per heavy atom. The lowest BCUT2D eigenvalue weighted by atomic mass is 10.0. The van der Waals surface area contributed by atoms with Gasteiger partial charge in [0.15, 0.2) is 0 Å². The summed E-state index contributed by atoms with van der Waals surface area (Å²) in [7, 11) is 1.44. The van der Waals surface area contributed by atoms with Gasteiger partial charge in [0.1, 0.15) is 5.76 Å². The molecule has 0 aromatic carbocycles. The van der Waals surface area contributed by atoms with Crippen molar-refractivity contribution in [2.45, 2.75) is 6.42 Å². The van der Waals surface area contributed by atoms with Crippen LogP contribution in [0.4, 0.5) is 0 Å². The van der Waals surface area contributed by atoms with E-state index in [1.54, 1.807) is 6.26 Å². The first-order valence-electron chi connectivity index (χ1n) is 6.33. The third kappa shape index (κ3) is 3.58. The second-order valence-corrected chi connectivity index (χ2v) is 4.55. The summed E-state index contributed by atoms with van der Waals surface area (Å²) in [6.07, 6.45) is 2.23. The van der Waals surface area contributed by atoms with Gasteiger partial charge in [-0.15, -0.1) is 0 Å². The van der Waals surface area contributed by atoms with Gasteiger partial charge in [0.05, 0.1) is 19.3 Å². The van der Waals surface area contributed by atoms with E-state index in [0.29, 0.717) is 6.42 Å². The van der Waals surface area contributed by atoms with Gasteiger partial charge in [0, 0.05) is 39.1 Å². The van der Waals surface area contributed by atoms with Gasteiger partial charge in [-0.05, 0) is 12.1 Å². The Bertz CT molecular complexity index is 358. The average molecular weight is 252 g/mol. The van der Waals surface area contributed by atoms with Crippen LogP contribution in [0.1, 0.15) is 5.76 Å². The molecule has 1 aromatic heterocycles. The number of nitrogens with one attached hydrogen (secondary N) is 1. The molecule has 0 aliphatic carbocycles. The fourth-order valence-corrected chi connectivity index (χ4v) is 2.27. The molecule has 1 aliphatic rings. The molecule has 1 atom stereocenters. The quantitative estimate of drug-likeness (QED) is 0.774. The highest BCUT2D eigenvalue weighted by atomic mass is 16.5. The molecule has 0 bridgehead atoms. The zero-order chi connectivity index (χ0) is 12.8. The Morgan fingerprint density at radius 2 is 2.33 bits per heavy atom. The highest BCUT2D eigenvalue weighted by Crippen LogP contribution is 2.13. The van der Waals surface area contributed by atoms with E-state index in [1.807, 2.05) is 12.1 Å². The van der Waals surface area contributed by atoms with Crippen LogP contribution in [-0.2, 0) is 16.0 Å². The minimum Gasteiger partial charge on any atom is -0.469 e. The van der Waals surface area contributed by atoms with E-state index in [1.165, 1.54) is 7.11 Å². The van der Waals surface area contributed by atoms with Crippen molar-refractivity contribution in [3.8, 4) is 0 Å². The van der Waals surface area contributed by atoms with Crippen molar-refractivity contribution in [1.29, 1.82) is 0 Å². The summed E-state index contributed by atoms with van der Waals surface area (Å²) >= 11 is 0. The SMILES string of the molecule is COC(=O)C(Cc1ccco1)CN1CCNCC1. The zero-order valence-corrected chi connectivity index (χ0v) is 10.7. The van der Waals surface area contributed by atoms with E-state index >= 15 is 0 Å². The largest absolute Gasteiger partial charge is 0.469 e.